The summed E-state index contributed by atoms with van der Waals surface area (Å²) in [5.41, 5.74) is 6.11. The molecule has 0 amide bonds. The van der Waals surface area contributed by atoms with Crippen LogP contribution in [0.3, 0.4) is 0 Å². The Morgan fingerprint density at radius 2 is 2.12 bits per heavy atom. The molecule has 0 aliphatic rings. The highest BCUT2D eigenvalue weighted by Crippen LogP contribution is 2.24. The van der Waals surface area contributed by atoms with Crippen LogP contribution in [0.1, 0.15) is 9.67 Å². The summed E-state index contributed by atoms with van der Waals surface area (Å²) in [6.45, 7) is -0.114. The third kappa shape index (κ3) is 2.26. The van der Waals surface area contributed by atoms with E-state index in [0.29, 0.717) is 4.88 Å². The first kappa shape index (κ1) is 10.8. The summed E-state index contributed by atoms with van der Waals surface area (Å²) in [4.78, 5) is 16.0. The quantitative estimate of drug-likeness (QED) is 0.650. The zero-order valence-corrected chi connectivity index (χ0v) is 9.24. The topological polar surface area (TPSA) is 65.2 Å². The molecule has 0 unspecified atom stereocenters. The number of nitrogens with zero attached hydrogens (tertiary/aromatic N) is 1. The van der Waals surface area contributed by atoms with Gasteiger partial charge in [-0.3, -0.25) is 5.73 Å². The van der Waals surface area contributed by atoms with Gasteiger partial charge in [-0.15, -0.1) is 11.3 Å². The van der Waals surface area contributed by atoms with Crippen molar-refractivity contribution in [3.05, 3.63) is 41.4 Å². The summed E-state index contributed by atoms with van der Waals surface area (Å²) < 4.78 is 4.69. The summed E-state index contributed by atoms with van der Waals surface area (Å²) in [5.74, 6) is -0.429. The Hall–Kier alpha value is -1.72. The van der Waals surface area contributed by atoms with Crippen LogP contribution >= 0.6 is 11.3 Å². The van der Waals surface area contributed by atoms with E-state index >= 15 is 0 Å². The summed E-state index contributed by atoms with van der Waals surface area (Å²) in [7, 11) is 0. The van der Waals surface area contributed by atoms with E-state index in [1.807, 2.05) is 30.3 Å². The van der Waals surface area contributed by atoms with E-state index < -0.39 is 5.97 Å². The summed E-state index contributed by atoms with van der Waals surface area (Å²) in [5, 5.41) is 0.796. The van der Waals surface area contributed by atoms with Gasteiger partial charge in [0.15, 0.2) is 0 Å². The Morgan fingerprint density at radius 1 is 1.38 bits per heavy atom. The van der Waals surface area contributed by atoms with Crippen LogP contribution < -0.4 is 5.73 Å². The van der Waals surface area contributed by atoms with Gasteiger partial charge in [-0.1, -0.05) is 30.3 Å². The van der Waals surface area contributed by atoms with E-state index in [0.717, 1.165) is 10.6 Å². The molecule has 0 radical (unpaired) electrons. The predicted molar refractivity (Wildman–Crippen MR) is 62.0 cm³/mol. The van der Waals surface area contributed by atoms with Gasteiger partial charge in [0.2, 0.25) is 0 Å². The maximum atomic E-state index is 11.4. The first-order chi connectivity index (χ1) is 7.81. The second-order valence-corrected chi connectivity index (χ2v) is 4.02. The highest BCUT2D eigenvalue weighted by atomic mass is 32.1. The molecule has 0 spiro atoms. The number of ether oxygens (including phenoxy) is 1. The average Bonchev–Trinajstić information content (AvgIpc) is 2.80. The van der Waals surface area contributed by atoms with Gasteiger partial charge >= 0.3 is 5.97 Å². The van der Waals surface area contributed by atoms with Crippen molar-refractivity contribution in [2.45, 2.75) is 0 Å². The number of carbonyl (C=O) groups is 1. The molecule has 0 bridgehead atoms. The molecule has 16 heavy (non-hydrogen) atoms. The number of aromatic nitrogens is 1. The van der Waals surface area contributed by atoms with Crippen LogP contribution in [0.15, 0.2) is 36.5 Å². The third-order valence-electron chi connectivity index (χ3n) is 1.94. The monoisotopic (exact) mass is 234 g/mol. The van der Waals surface area contributed by atoms with Gasteiger partial charge < -0.3 is 4.74 Å². The van der Waals surface area contributed by atoms with Gasteiger partial charge in [0.05, 0.1) is 6.20 Å². The summed E-state index contributed by atoms with van der Waals surface area (Å²) >= 11 is 1.29. The van der Waals surface area contributed by atoms with Gasteiger partial charge in [0, 0.05) is 5.56 Å². The molecule has 2 N–H and O–H groups in total. The van der Waals surface area contributed by atoms with E-state index in [9.17, 15) is 4.79 Å². The second-order valence-electron chi connectivity index (χ2n) is 2.99. The number of hydrogen-bond donors (Lipinski definition) is 1. The molecular weight excluding hydrogens is 224 g/mol. The third-order valence-corrected chi connectivity index (χ3v) is 2.97. The van der Waals surface area contributed by atoms with Crippen molar-refractivity contribution in [1.29, 1.82) is 0 Å². The van der Waals surface area contributed by atoms with Crippen LogP contribution in [0.4, 0.5) is 0 Å². The highest BCUT2D eigenvalue weighted by Gasteiger charge is 2.11. The molecular formula is C11H10N2O2S. The van der Waals surface area contributed by atoms with E-state index in [2.05, 4.69) is 9.72 Å². The Labute approximate surface area is 96.7 Å². The van der Waals surface area contributed by atoms with Crippen molar-refractivity contribution >= 4 is 17.3 Å². The first-order valence-electron chi connectivity index (χ1n) is 4.69. The van der Waals surface area contributed by atoms with E-state index in [1.165, 1.54) is 17.5 Å². The van der Waals surface area contributed by atoms with Gasteiger partial charge in [-0.25, -0.2) is 9.78 Å². The zero-order valence-electron chi connectivity index (χ0n) is 8.42. The minimum Gasteiger partial charge on any atom is -0.446 e. The second kappa shape index (κ2) is 4.87. The van der Waals surface area contributed by atoms with Crippen LogP contribution in [-0.2, 0) is 4.74 Å². The van der Waals surface area contributed by atoms with Crippen LogP contribution in [-0.4, -0.2) is 17.7 Å². The molecule has 0 saturated carbocycles. The minimum absolute atomic E-state index is 0.114. The molecule has 0 saturated heterocycles. The molecule has 1 heterocycles. The summed E-state index contributed by atoms with van der Waals surface area (Å²) in [6.07, 6.45) is 1.50. The molecule has 4 nitrogen and oxygen atoms in total. The fourth-order valence-electron chi connectivity index (χ4n) is 1.23. The molecule has 0 aliphatic heterocycles. The lowest BCUT2D eigenvalue weighted by Crippen LogP contribution is -2.10. The lowest BCUT2D eigenvalue weighted by Gasteiger charge is -1.96. The Morgan fingerprint density at radius 3 is 2.81 bits per heavy atom. The lowest BCUT2D eigenvalue weighted by atomic mass is 10.2. The molecule has 0 aliphatic carbocycles. The Balaban J connectivity index is 2.23. The lowest BCUT2D eigenvalue weighted by molar-refractivity contribution is 0.0521. The molecule has 82 valence electrons. The van der Waals surface area contributed by atoms with Gasteiger partial charge in [-0.05, 0) is 0 Å². The standard InChI is InChI=1S/C11H10N2O2S/c12-7-15-11(14)9-6-13-10(16-9)8-4-2-1-3-5-8/h1-6H,7,12H2. The number of nitrogens with two attached hydrogens (primary N) is 1. The van der Waals surface area contributed by atoms with Crippen molar-refractivity contribution < 1.29 is 9.53 Å². The largest absolute Gasteiger partial charge is 0.446 e. The van der Waals surface area contributed by atoms with Crippen LogP contribution in [0, 0.1) is 0 Å². The van der Waals surface area contributed by atoms with Crippen molar-refractivity contribution in [2.24, 2.45) is 5.73 Å². The van der Waals surface area contributed by atoms with Crippen molar-refractivity contribution in [2.75, 3.05) is 6.73 Å². The number of benzene rings is 1. The number of thiazole rings is 1. The molecule has 0 fully saturated rings. The van der Waals surface area contributed by atoms with Crippen molar-refractivity contribution in [3.63, 3.8) is 0 Å². The molecule has 1 aromatic carbocycles. The number of esters is 1. The van der Waals surface area contributed by atoms with Gasteiger partial charge in [-0.2, -0.15) is 0 Å². The fourth-order valence-corrected chi connectivity index (χ4v) is 2.04. The summed E-state index contributed by atoms with van der Waals surface area (Å²) in [6, 6.07) is 9.66. The normalized spacial score (nSPS) is 10.1. The van der Waals surface area contributed by atoms with Crippen LogP contribution in [0.5, 0.6) is 0 Å². The smallest absolute Gasteiger partial charge is 0.351 e. The van der Waals surface area contributed by atoms with E-state index in [-0.39, 0.29) is 6.73 Å². The SMILES string of the molecule is NCOC(=O)c1cnc(-c2ccccc2)s1. The molecule has 5 heteroatoms. The number of hydrogen-bond acceptors (Lipinski definition) is 5. The molecule has 0 atom stereocenters. The van der Waals surface area contributed by atoms with Crippen molar-refractivity contribution in [1.82, 2.24) is 4.98 Å². The Bertz CT molecular complexity index is 482. The molecule has 1 aromatic heterocycles. The maximum absolute atomic E-state index is 11.4. The van der Waals surface area contributed by atoms with Gasteiger partial charge in [0.25, 0.3) is 0 Å². The number of carbonyl (C=O) groups excluding carboxylic acids is 1. The fraction of sp³-hybridized carbons (Fsp3) is 0.0909. The van der Waals surface area contributed by atoms with E-state index in [1.54, 1.807) is 0 Å². The average molecular weight is 234 g/mol. The molecule has 2 rings (SSSR count). The Kier molecular flexibility index (Phi) is 3.28. The van der Waals surface area contributed by atoms with E-state index in [4.69, 9.17) is 5.73 Å². The molecule has 2 aromatic rings. The van der Waals surface area contributed by atoms with Crippen LogP contribution in [0.2, 0.25) is 0 Å². The number of rotatable bonds is 3. The first-order valence-corrected chi connectivity index (χ1v) is 5.51. The van der Waals surface area contributed by atoms with Crippen LogP contribution in [0.25, 0.3) is 10.6 Å². The minimum atomic E-state index is -0.429. The maximum Gasteiger partial charge on any atom is 0.351 e. The van der Waals surface area contributed by atoms with Crippen molar-refractivity contribution in [3.8, 4) is 10.6 Å². The van der Waals surface area contributed by atoms with Gasteiger partial charge in [0.1, 0.15) is 16.6 Å². The predicted octanol–water partition coefficient (Wildman–Crippen LogP) is 1.88. The highest BCUT2D eigenvalue weighted by molar-refractivity contribution is 7.16. The zero-order chi connectivity index (χ0) is 11.4.